The van der Waals surface area contributed by atoms with E-state index in [0.717, 1.165) is 10.9 Å². The van der Waals surface area contributed by atoms with Crippen LogP contribution in [-0.2, 0) is 0 Å². The normalized spacial score (nSPS) is 13.2. The number of hydrogen-bond donors (Lipinski definition) is 1. The second-order valence-electron chi connectivity index (χ2n) is 3.17. The van der Waals surface area contributed by atoms with Gasteiger partial charge in [0, 0.05) is 10.9 Å². The van der Waals surface area contributed by atoms with Gasteiger partial charge in [0.15, 0.2) is 0 Å². The molecule has 0 amide bonds. The second kappa shape index (κ2) is 5.63. The molecule has 1 nitrogen and oxygen atoms in total. The summed E-state index contributed by atoms with van der Waals surface area (Å²) in [4.78, 5) is 1.32. The van der Waals surface area contributed by atoms with Crippen molar-refractivity contribution < 1.29 is 0 Å². The fourth-order valence-electron chi connectivity index (χ4n) is 1.16. The summed E-state index contributed by atoms with van der Waals surface area (Å²) < 4.78 is 0.874. The van der Waals surface area contributed by atoms with Gasteiger partial charge in [-0.3, -0.25) is 0 Å². The summed E-state index contributed by atoms with van der Waals surface area (Å²) in [5.74, 6) is 0. The minimum absolute atomic E-state index is 0.434. The van der Waals surface area contributed by atoms with E-state index in [0.29, 0.717) is 6.04 Å². The molecule has 0 aromatic carbocycles. The molecule has 0 aliphatic heterocycles. The Morgan fingerprint density at radius 2 is 2.31 bits per heavy atom. The standard InChI is InChI=1S/C10H16ClNS/c1-3-4-7-12-8(2)9-5-6-10(11)13-9/h5-6,8,12H,3-4,7H2,1-2H3. The molecule has 1 heterocycles. The van der Waals surface area contributed by atoms with E-state index in [1.807, 2.05) is 6.07 Å². The van der Waals surface area contributed by atoms with Crippen molar-refractivity contribution in [1.82, 2.24) is 5.32 Å². The predicted octanol–water partition coefficient (Wildman–Crippen LogP) is 3.85. The zero-order valence-corrected chi connectivity index (χ0v) is 9.71. The van der Waals surface area contributed by atoms with Gasteiger partial charge in [0.1, 0.15) is 0 Å². The Bertz CT molecular complexity index is 247. The fraction of sp³-hybridized carbons (Fsp3) is 0.600. The molecule has 0 bridgehead atoms. The minimum atomic E-state index is 0.434. The maximum absolute atomic E-state index is 5.86. The van der Waals surface area contributed by atoms with Crippen LogP contribution in [0.5, 0.6) is 0 Å². The second-order valence-corrected chi connectivity index (χ2v) is 4.92. The van der Waals surface area contributed by atoms with Crippen molar-refractivity contribution in [3.05, 3.63) is 21.3 Å². The molecule has 13 heavy (non-hydrogen) atoms. The monoisotopic (exact) mass is 217 g/mol. The fourth-order valence-corrected chi connectivity index (χ4v) is 2.24. The van der Waals surface area contributed by atoms with Gasteiger partial charge in [-0.15, -0.1) is 11.3 Å². The van der Waals surface area contributed by atoms with Crippen LogP contribution in [0.4, 0.5) is 0 Å². The van der Waals surface area contributed by atoms with E-state index < -0.39 is 0 Å². The zero-order chi connectivity index (χ0) is 9.68. The molecule has 1 atom stereocenters. The lowest BCUT2D eigenvalue weighted by molar-refractivity contribution is 0.561. The maximum atomic E-state index is 5.86. The molecule has 1 aromatic rings. The van der Waals surface area contributed by atoms with E-state index in [-0.39, 0.29) is 0 Å². The summed E-state index contributed by atoms with van der Waals surface area (Å²) in [5.41, 5.74) is 0. The first kappa shape index (κ1) is 11.0. The summed E-state index contributed by atoms with van der Waals surface area (Å²) in [6.07, 6.45) is 2.48. The maximum Gasteiger partial charge on any atom is 0.0931 e. The molecule has 0 aliphatic carbocycles. The first-order valence-electron chi connectivity index (χ1n) is 4.72. The first-order chi connectivity index (χ1) is 6.24. The van der Waals surface area contributed by atoms with Crippen molar-refractivity contribution in [2.24, 2.45) is 0 Å². The van der Waals surface area contributed by atoms with E-state index in [9.17, 15) is 0 Å². The van der Waals surface area contributed by atoms with Crippen molar-refractivity contribution in [3.8, 4) is 0 Å². The lowest BCUT2D eigenvalue weighted by Gasteiger charge is -2.10. The van der Waals surface area contributed by atoms with Crippen molar-refractivity contribution in [2.45, 2.75) is 32.7 Å². The topological polar surface area (TPSA) is 12.0 Å². The average molecular weight is 218 g/mol. The van der Waals surface area contributed by atoms with Crippen LogP contribution in [0.25, 0.3) is 0 Å². The van der Waals surface area contributed by atoms with Crippen LogP contribution in [-0.4, -0.2) is 6.54 Å². The molecule has 1 aromatic heterocycles. The molecular weight excluding hydrogens is 202 g/mol. The van der Waals surface area contributed by atoms with E-state index in [1.54, 1.807) is 11.3 Å². The minimum Gasteiger partial charge on any atom is -0.309 e. The van der Waals surface area contributed by atoms with Crippen LogP contribution < -0.4 is 5.32 Å². The van der Waals surface area contributed by atoms with Crippen LogP contribution in [0.1, 0.15) is 37.6 Å². The van der Waals surface area contributed by atoms with Gasteiger partial charge in [-0.2, -0.15) is 0 Å². The Hall–Kier alpha value is -0.0500. The largest absolute Gasteiger partial charge is 0.309 e. The van der Waals surface area contributed by atoms with Crippen LogP contribution in [0.15, 0.2) is 12.1 Å². The molecule has 1 unspecified atom stereocenters. The molecule has 0 aliphatic rings. The summed E-state index contributed by atoms with van der Waals surface area (Å²) in [6, 6.07) is 4.49. The summed E-state index contributed by atoms with van der Waals surface area (Å²) >= 11 is 7.51. The Morgan fingerprint density at radius 1 is 1.54 bits per heavy atom. The molecule has 1 N–H and O–H groups in total. The van der Waals surface area contributed by atoms with Gasteiger partial charge in [-0.05, 0) is 32.0 Å². The molecule has 3 heteroatoms. The number of rotatable bonds is 5. The van der Waals surface area contributed by atoms with Crippen molar-refractivity contribution in [2.75, 3.05) is 6.54 Å². The lowest BCUT2D eigenvalue weighted by atomic mass is 10.2. The van der Waals surface area contributed by atoms with Gasteiger partial charge in [0.25, 0.3) is 0 Å². The van der Waals surface area contributed by atoms with Crippen molar-refractivity contribution in [3.63, 3.8) is 0 Å². The number of hydrogen-bond acceptors (Lipinski definition) is 2. The Morgan fingerprint density at radius 3 is 2.85 bits per heavy atom. The van der Waals surface area contributed by atoms with Crippen LogP contribution in [0.2, 0.25) is 4.34 Å². The highest BCUT2D eigenvalue weighted by Crippen LogP contribution is 2.26. The molecule has 1 rings (SSSR count). The van der Waals surface area contributed by atoms with Crippen LogP contribution in [0, 0.1) is 0 Å². The zero-order valence-electron chi connectivity index (χ0n) is 8.14. The van der Waals surface area contributed by atoms with Crippen LogP contribution >= 0.6 is 22.9 Å². The third kappa shape index (κ3) is 3.67. The smallest absolute Gasteiger partial charge is 0.0931 e. The van der Waals surface area contributed by atoms with Gasteiger partial charge in [0.05, 0.1) is 4.34 Å². The number of halogens is 1. The molecule has 74 valence electrons. The molecule has 0 saturated carbocycles. The Labute approximate surface area is 89.1 Å². The third-order valence-corrected chi connectivity index (χ3v) is 3.42. The van der Waals surface area contributed by atoms with E-state index in [4.69, 9.17) is 11.6 Å². The van der Waals surface area contributed by atoms with E-state index in [2.05, 4.69) is 25.2 Å². The van der Waals surface area contributed by atoms with Gasteiger partial charge < -0.3 is 5.32 Å². The predicted molar refractivity (Wildman–Crippen MR) is 60.7 cm³/mol. The van der Waals surface area contributed by atoms with Gasteiger partial charge in [-0.25, -0.2) is 0 Å². The van der Waals surface area contributed by atoms with Gasteiger partial charge >= 0.3 is 0 Å². The highest BCUT2D eigenvalue weighted by atomic mass is 35.5. The van der Waals surface area contributed by atoms with Crippen molar-refractivity contribution in [1.29, 1.82) is 0 Å². The van der Waals surface area contributed by atoms with E-state index in [1.165, 1.54) is 17.7 Å². The summed E-state index contributed by atoms with van der Waals surface area (Å²) in [6.45, 7) is 5.47. The summed E-state index contributed by atoms with van der Waals surface area (Å²) in [7, 11) is 0. The van der Waals surface area contributed by atoms with E-state index >= 15 is 0 Å². The summed E-state index contributed by atoms with van der Waals surface area (Å²) in [5, 5.41) is 3.46. The highest BCUT2D eigenvalue weighted by Gasteiger charge is 2.06. The number of unbranched alkanes of at least 4 members (excludes halogenated alkanes) is 1. The number of thiophene rings is 1. The molecule has 0 spiro atoms. The number of nitrogens with one attached hydrogen (secondary N) is 1. The quantitative estimate of drug-likeness (QED) is 0.739. The Kier molecular flexibility index (Phi) is 4.78. The Balaban J connectivity index is 2.35. The van der Waals surface area contributed by atoms with Crippen LogP contribution in [0.3, 0.4) is 0 Å². The van der Waals surface area contributed by atoms with Crippen molar-refractivity contribution >= 4 is 22.9 Å². The van der Waals surface area contributed by atoms with Gasteiger partial charge in [-0.1, -0.05) is 24.9 Å². The highest BCUT2D eigenvalue weighted by molar-refractivity contribution is 7.16. The molecule has 0 saturated heterocycles. The molecule has 0 radical (unpaired) electrons. The SMILES string of the molecule is CCCCNC(C)c1ccc(Cl)s1. The average Bonchev–Trinajstić information content (AvgIpc) is 2.52. The third-order valence-electron chi connectivity index (χ3n) is 2.00. The molecular formula is C10H16ClNS. The molecule has 0 fully saturated rings. The van der Waals surface area contributed by atoms with Gasteiger partial charge in [0.2, 0.25) is 0 Å². The lowest BCUT2D eigenvalue weighted by Crippen LogP contribution is -2.18. The first-order valence-corrected chi connectivity index (χ1v) is 5.92.